The summed E-state index contributed by atoms with van der Waals surface area (Å²) in [5, 5.41) is 2.95. The standard InChI is InChI=1S/C16H22N2O2/c1-3-13-6-8-15(9-7-13)17-16(20)14-5-4-10-18(11-14)12(2)19/h6-9,14H,3-5,10-11H2,1-2H3,(H,17,20). The maximum Gasteiger partial charge on any atom is 0.229 e. The molecule has 2 rings (SSSR count). The Kier molecular flexibility index (Phi) is 4.77. The minimum absolute atomic E-state index is 0.0141. The molecule has 1 aliphatic heterocycles. The molecule has 1 aliphatic rings. The van der Waals surface area contributed by atoms with Gasteiger partial charge in [0.25, 0.3) is 0 Å². The van der Waals surface area contributed by atoms with E-state index in [0.29, 0.717) is 6.54 Å². The molecule has 1 N–H and O–H groups in total. The predicted octanol–water partition coefficient (Wildman–Crippen LogP) is 2.45. The molecule has 108 valence electrons. The Morgan fingerprint density at radius 3 is 2.60 bits per heavy atom. The van der Waals surface area contributed by atoms with Gasteiger partial charge in [-0.05, 0) is 37.0 Å². The summed E-state index contributed by atoms with van der Waals surface area (Å²) in [6.45, 7) is 4.97. The number of nitrogens with one attached hydrogen (secondary N) is 1. The molecule has 0 aliphatic carbocycles. The van der Waals surface area contributed by atoms with Crippen LogP contribution < -0.4 is 5.32 Å². The van der Waals surface area contributed by atoms with Gasteiger partial charge >= 0.3 is 0 Å². The Labute approximate surface area is 120 Å². The molecule has 4 nitrogen and oxygen atoms in total. The summed E-state index contributed by atoms with van der Waals surface area (Å²) in [5.41, 5.74) is 2.08. The molecule has 0 bridgehead atoms. The summed E-state index contributed by atoms with van der Waals surface area (Å²) in [4.78, 5) is 25.4. The Morgan fingerprint density at radius 2 is 2.00 bits per heavy atom. The number of benzene rings is 1. The topological polar surface area (TPSA) is 49.4 Å². The van der Waals surface area contributed by atoms with Gasteiger partial charge in [-0.2, -0.15) is 0 Å². The van der Waals surface area contributed by atoms with Crippen LogP contribution in [0.15, 0.2) is 24.3 Å². The van der Waals surface area contributed by atoms with Crippen LogP contribution in [-0.2, 0) is 16.0 Å². The average Bonchev–Trinajstić information content (AvgIpc) is 2.48. The maximum absolute atomic E-state index is 12.2. The summed E-state index contributed by atoms with van der Waals surface area (Å²) in [6.07, 6.45) is 2.74. The van der Waals surface area contributed by atoms with E-state index in [9.17, 15) is 9.59 Å². The first kappa shape index (κ1) is 14.6. The van der Waals surface area contributed by atoms with Gasteiger partial charge in [0, 0.05) is 25.7 Å². The molecule has 1 atom stereocenters. The lowest BCUT2D eigenvalue weighted by Gasteiger charge is -2.31. The first-order valence-corrected chi connectivity index (χ1v) is 7.25. The number of anilines is 1. The van der Waals surface area contributed by atoms with Gasteiger partial charge in [0.15, 0.2) is 0 Å². The smallest absolute Gasteiger partial charge is 0.229 e. The third-order valence-electron chi connectivity index (χ3n) is 3.87. The van der Waals surface area contributed by atoms with Gasteiger partial charge in [-0.15, -0.1) is 0 Å². The zero-order valence-corrected chi connectivity index (χ0v) is 12.2. The number of nitrogens with zero attached hydrogens (tertiary/aromatic N) is 1. The highest BCUT2D eigenvalue weighted by molar-refractivity contribution is 5.93. The third kappa shape index (κ3) is 3.59. The number of carbonyl (C=O) groups is 2. The van der Waals surface area contributed by atoms with E-state index in [1.165, 1.54) is 5.56 Å². The summed E-state index contributed by atoms with van der Waals surface area (Å²) < 4.78 is 0. The highest BCUT2D eigenvalue weighted by Crippen LogP contribution is 2.19. The molecule has 0 spiro atoms. The molecular formula is C16H22N2O2. The van der Waals surface area contributed by atoms with Crippen molar-refractivity contribution in [2.45, 2.75) is 33.1 Å². The molecule has 1 saturated heterocycles. The van der Waals surface area contributed by atoms with E-state index in [1.54, 1.807) is 11.8 Å². The van der Waals surface area contributed by atoms with Gasteiger partial charge in [-0.3, -0.25) is 9.59 Å². The Balaban J connectivity index is 1.95. The Morgan fingerprint density at radius 1 is 1.30 bits per heavy atom. The van der Waals surface area contributed by atoms with E-state index in [1.807, 2.05) is 24.3 Å². The van der Waals surface area contributed by atoms with Crippen molar-refractivity contribution in [3.63, 3.8) is 0 Å². The van der Waals surface area contributed by atoms with Crippen LogP contribution in [-0.4, -0.2) is 29.8 Å². The van der Waals surface area contributed by atoms with Crippen molar-refractivity contribution >= 4 is 17.5 Å². The molecule has 0 aromatic heterocycles. The fourth-order valence-corrected chi connectivity index (χ4v) is 2.55. The highest BCUT2D eigenvalue weighted by atomic mass is 16.2. The second-order valence-electron chi connectivity index (χ2n) is 5.34. The van der Waals surface area contributed by atoms with E-state index >= 15 is 0 Å². The molecule has 2 amide bonds. The molecule has 0 saturated carbocycles. The number of hydrogen-bond donors (Lipinski definition) is 1. The number of piperidine rings is 1. The van der Waals surface area contributed by atoms with Gasteiger partial charge < -0.3 is 10.2 Å². The number of amides is 2. The van der Waals surface area contributed by atoms with Crippen molar-refractivity contribution < 1.29 is 9.59 Å². The number of rotatable bonds is 3. The first-order valence-electron chi connectivity index (χ1n) is 7.25. The van der Waals surface area contributed by atoms with Crippen LogP contribution in [0, 0.1) is 5.92 Å². The van der Waals surface area contributed by atoms with E-state index in [-0.39, 0.29) is 17.7 Å². The van der Waals surface area contributed by atoms with E-state index in [2.05, 4.69) is 12.2 Å². The predicted molar refractivity (Wildman–Crippen MR) is 79.4 cm³/mol. The van der Waals surface area contributed by atoms with Crippen LogP contribution in [0.4, 0.5) is 5.69 Å². The number of hydrogen-bond acceptors (Lipinski definition) is 2. The molecule has 0 radical (unpaired) electrons. The van der Waals surface area contributed by atoms with Crippen LogP contribution in [0.3, 0.4) is 0 Å². The molecule has 1 aromatic carbocycles. The summed E-state index contributed by atoms with van der Waals surface area (Å²) >= 11 is 0. The first-order chi connectivity index (χ1) is 9.60. The molecule has 1 heterocycles. The normalized spacial score (nSPS) is 18.7. The van der Waals surface area contributed by atoms with Crippen LogP contribution in [0.1, 0.15) is 32.3 Å². The minimum Gasteiger partial charge on any atom is -0.342 e. The van der Waals surface area contributed by atoms with Crippen molar-refractivity contribution in [3.05, 3.63) is 29.8 Å². The van der Waals surface area contributed by atoms with Crippen LogP contribution in [0.25, 0.3) is 0 Å². The Hall–Kier alpha value is -1.84. The van der Waals surface area contributed by atoms with Gasteiger partial charge in [0.05, 0.1) is 5.92 Å². The monoisotopic (exact) mass is 274 g/mol. The SMILES string of the molecule is CCc1ccc(NC(=O)C2CCCN(C(C)=O)C2)cc1. The van der Waals surface area contributed by atoms with E-state index < -0.39 is 0 Å². The number of aryl methyl sites for hydroxylation is 1. The van der Waals surface area contributed by atoms with Crippen LogP contribution in [0.2, 0.25) is 0 Å². The number of likely N-dealkylation sites (tertiary alicyclic amines) is 1. The fourth-order valence-electron chi connectivity index (χ4n) is 2.55. The number of carbonyl (C=O) groups excluding carboxylic acids is 2. The molecule has 1 unspecified atom stereocenters. The fraction of sp³-hybridized carbons (Fsp3) is 0.500. The van der Waals surface area contributed by atoms with Crippen LogP contribution in [0.5, 0.6) is 0 Å². The van der Waals surface area contributed by atoms with Gasteiger partial charge in [0.2, 0.25) is 11.8 Å². The molecular weight excluding hydrogens is 252 g/mol. The quantitative estimate of drug-likeness (QED) is 0.920. The van der Waals surface area contributed by atoms with Gasteiger partial charge in [0.1, 0.15) is 0 Å². The van der Waals surface area contributed by atoms with Crippen molar-refractivity contribution in [3.8, 4) is 0 Å². The average molecular weight is 274 g/mol. The second-order valence-corrected chi connectivity index (χ2v) is 5.34. The van der Waals surface area contributed by atoms with E-state index in [0.717, 1.165) is 31.5 Å². The van der Waals surface area contributed by atoms with Crippen molar-refractivity contribution in [1.29, 1.82) is 0 Å². The zero-order chi connectivity index (χ0) is 14.5. The molecule has 1 aromatic rings. The lowest BCUT2D eigenvalue weighted by Crippen LogP contribution is -2.42. The lowest BCUT2D eigenvalue weighted by molar-refractivity contribution is -0.132. The summed E-state index contributed by atoms with van der Waals surface area (Å²) in [5.74, 6) is -0.0338. The molecule has 4 heteroatoms. The summed E-state index contributed by atoms with van der Waals surface area (Å²) in [7, 11) is 0. The van der Waals surface area contributed by atoms with Crippen molar-refractivity contribution in [2.75, 3.05) is 18.4 Å². The van der Waals surface area contributed by atoms with E-state index in [4.69, 9.17) is 0 Å². The largest absolute Gasteiger partial charge is 0.342 e. The minimum atomic E-state index is -0.0986. The van der Waals surface area contributed by atoms with Crippen molar-refractivity contribution in [2.24, 2.45) is 5.92 Å². The van der Waals surface area contributed by atoms with Crippen molar-refractivity contribution in [1.82, 2.24) is 4.90 Å². The summed E-state index contributed by atoms with van der Waals surface area (Å²) in [6, 6.07) is 7.92. The molecule has 20 heavy (non-hydrogen) atoms. The second kappa shape index (κ2) is 6.55. The third-order valence-corrected chi connectivity index (χ3v) is 3.87. The lowest BCUT2D eigenvalue weighted by atomic mass is 9.97. The zero-order valence-electron chi connectivity index (χ0n) is 12.2. The Bertz CT molecular complexity index is 482. The van der Waals surface area contributed by atoms with Crippen LogP contribution >= 0.6 is 0 Å². The maximum atomic E-state index is 12.2. The van der Waals surface area contributed by atoms with Gasteiger partial charge in [-0.1, -0.05) is 19.1 Å². The molecule has 1 fully saturated rings. The van der Waals surface area contributed by atoms with Gasteiger partial charge in [-0.25, -0.2) is 0 Å². The highest BCUT2D eigenvalue weighted by Gasteiger charge is 2.26.